The molecule has 1 aromatic rings. The lowest BCUT2D eigenvalue weighted by molar-refractivity contribution is -0.158. The van der Waals surface area contributed by atoms with E-state index in [4.69, 9.17) is 14.2 Å². The standard InChI is InChI=1S/C22H29NO8/c1-21(2,3)30-18(26)15(19(27)31-22(4,5)6)12-16(17(24)25)23-20(28)29-13-14-10-8-7-9-11-14/h7-12,16H,13H2,1-6H3,(H,23,28)(H,24,25)/t16-/m0/s1. The fourth-order valence-electron chi connectivity index (χ4n) is 2.12. The summed E-state index contributed by atoms with van der Waals surface area (Å²) in [6, 6.07) is 7.03. The Balaban J connectivity index is 3.06. The van der Waals surface area contributed by atoms with Crippen molar-refractivity contribution in [3.63, 3.8) is 0 Å². The fraction of sp³-hybridized carbons (Fsp3) is 0.455. The number of nitrogens with one attached hydrogen (secondary N) is 1. The first-order valence-corrected chi connectivity index (χ1v) is 9.56. The van der Waals surface area contributed by atoms with Crippen molar-refractivity contribution in [2.75, 3.05) is 0 Å². The maximum absolute atomic E-state index is 12.5. The Morgan fingerprint density at radius 1 is 0.935 bits per heavy atom. The van der Waals surface area contributed by atoms with E-state index in [0.717, 1.165) is 6.08 Å². The van der Waals surface area contributed by atoms with E-state index in [1.807, 2.05) is 0 Å². The number of hydrogen-bond acceptors (Lipinski definition) is 7. The summed E-state index contributed by atoms with van der Waals surface area (Å²) in [6.07, 6.45) is -0.269. The number of carboxylic acids is 1. The molecular weight excluding hydrogens is 406 g/mol. The molecular formula is C22H29NO8. The topological polar surface area (TPSA) is 128 Å². The largest absolute Gasteiger partial charge is 0.479 e. The van der Waals surface area contributed by atoms with Gasteiger partial charge in [0, 0.05) is 0 Å². The SMILES string of the molecule is CC(C)(C)OC(=O)C(=C[C@H](NC(=O)OCc1ccccc1)C(=O)O)C(=O)OC(C)(C)C. The molecule has 0 fully saturated rings. The molecule has 0 aliphatic carbocycles. The molecule has 1 atom stereocenters. The number of ether oxygens (including phenoxy) is 3. The van der Waals surface area contributed by atoms with Crippen LogP contribution >= 0.6 is 0 Å². The van der Waals surface area contributed by atoms with E-state index in [2.05, 4.69) is 5.32 Å². The van der Waals surface area contributed by atoms with Crippen molar-refractivity contribution in [3.05, 3.63) is 47.5 Å². The predicted molar refractivity (Wildman–Crippen MR) is 111 cm³/mol. The van der Waals surface area contributed by atoms with E-state index in [9.17, 15) is 24.3 Å². The lowest BCUT2D eigenvalue weighted by Gasteiger charge is -2.23. The number of alkyl carbamates (subject to hydrolysis) is 1. The first-order chi connectivity index (χ1) is 14.2. The average molecular weight is 435 g/mol. The van der Waals surface area contributed by atoms with E-state index in [0.29, 0.717) is 5.56 Å². The van der Waals surface area contributed by atoms with Crippen molar-refractivity contribution in [1.29, 1.82) is 0 Å². The summed E-state index contributed by atoms with van der Waals surface area (Å²) in [5.74, 6) is -3.67. The molecule has 9 heteroatoms. The number of rotatable bonds is 7. The molecule has 0 saturated heterocycles. The molecule has 0 bridgehead atoms. The normalized spacial score (nSPS) is 12.2. The van der Waals surface area contributed by atoms with Crippen molar-refractivity contribution in [2.24, 2.45) is 0 Å². The number of carbonyl (C=O) groups is 4. The van der Waals surface area contributed by atoms with Crippen LogP contribution in [0, 0.1) is 0 Å². The van der Waals surface area contributed by atoms with E-state index in [1.165, 1.54) is 0 Å². The lowest BCUT2D eigenvalue weighted by Crippen LogP contribution is -2.41. The Hall–Kier alpha value is -3.36. The summed E-state index contributed by atoms with van der Waals surface area (Å²) in [4.78, 5) is 48.7. The zero-order chi connectivity index (χ0) is 23.8. The number of hydrogen-bond donors (Lipinski definition) is 2. The van der Waals surface area contributed by atoms with Crippen molar-refractivity contribution in [3.8, 4) is 0 Å². The van der Waals surface area contributed by atoms with Gasteiger partial charge in [-0.15, -0.1) is 0 Å². The number of carboxylic acid groups (broad SMARTS) is 1. The van der Waals surface area contributed by atoms with Gasteiger partial charge in [0.15, 0.2) is 0 Å². The van der Waals surface area contributed by atoms with Gasteiger partial charge in [-0.3, -0.25) is 0 Å². The molecule has 31 heavy (non-hydrogen) atoms. The quantitative estimate of drug-likeness (QED) is 0.220. The third kappa shape index (κ3) is 10.3. The first-order valence-electron chi connectivity index (χ1n) is 9.56. The van der Waals surface area contributed by atoms with Crippen LogP contribution in [0.4, 0.5) is 4.79 Å². The monoisotopic (exact) mass is 435 g/mol. The van der Waals surface area contributed by atoms with Crippen LogP contribution in [-0.4, -0.2) is 46.4 Å². The van der Waals surface area contributed by atoms with Crippen LogP contribution in [0.3, 0.4) is 0 Å². The molecule has 0 aromatic heterocycles. The van der Waals surface area contributed by atoms with E-state index in [-0.39, 0.29) is 6.61 Å². The molecule has 170 valence electrons. The number of carbonyl (C=O) groups excluding carboxylic acids is 3. The molecule has 0 spiro atoms. The summed E-state index contributed by atoms with van der Waals surface area (Å²) < 4.78 is 15.4. The molecule has 1 aromatic carbocycles. The second-order valence-electron chi connectivity index (χ2n) is 8.61. The van der Waals surface area contributed by atoms with Crippen LogP contribution in [-0.2, 0) is 35.2 Å². The molecule has 0 heterocycles. The Kier molecular flexibility index (Phi) is 8.78. The fourth-order valence-corrected chi connectivity index (χ4v) is 2.12. The van der Waals surface area contributed by atoms with Gasteiger partial charge in [0.1, 0.15) is 29.4 Å². The van der Waals surface area contributed by atoms with Crippen LogP contribution in [0.2, 0.25) is 0 Å². The lowest BCUT2D eigenvalue weighted by atomic mass is 10.1. The highest BCUT2D eigenvalue weighted by atomic mass is 16.6. The van der Waals surface area contributed by atoms with Gasteiger partial charge in [-0.25, -0.2) is 19.2 Å². The molecule has 1 amide bonds. The summed E-state index contributed by atoms with van der Waals surface area (Å²) in [7, 11) is 0. The number of esters is 2. The van der Waals surface area contributed by atoms with Gasteiger partial charge in [0.05, 0.1) is 0 Å². The van der Waals surface area contributed by atoms with Gasteiger partial charge < -0.3 is 24.6 Å². The minimum Gasteiger partial charge on any atom is -0.479 e. The summed E-state index contributed by atoms with van der Waals surface area (Å²) >= 11 is 0. The Bertz CT molecular complexity index is 801. The molecule has 1 rings (SSSR count). The smallest absolute Gasteiger partial charge is 0.408 e. The summed E-state index contributed by atoms with van der Waals surface area (Å²) in [5, 5.41) is 11.6. The second kappa shape index (κ2) is 10.6. The van der Waals surface area contributed by atoms with Gasteiger partial charge in [0.25, 0.3) is 0 Å². The highest BCUT2D eigenvalue weighted by Crippen LogP contribution is 2.16. The maximum Gasteiger partial charge on any atom is 0.408 e. The van der Waals surface area contributed by atoms with Gasteiger partial charge in [-0.2, -0.15) is 0 Å². The zero-order valence-corrected chi connectivity index (χ0v) is 18.6. The summed E-state index contributed by atoms with van der Waals surface area (Å²) in [5.41, 5.74) is -1.85. The summed E-state index contributed by atoms with van der Waals surface area (Å²) in [6.45, 7) is 9.44. The van der Waals surface area contributed by atoms with Crippen LogP contribution < -0.4 is 5.32 Å². The average Bonchev–Trinajstić information content (AvgIpc) is 2.60. The van der Waals surface area contributed by atoms with Crippen molar-refractivity contribution in [1.82, 2.24) is 5.32 Å². The van der Waals surface area contributed by atoms with Crippen molar-refractivity contribution in [2.45, 2.75) is 65.4 Å². The van der Waals surface area contributed by atoms with Gasteiger partial charge in [0.2, 0.25) is 0 Å². The predicted octanol–water partition coefficient (Wildman–Crippen LogP) is 2.98. The van der Waals surface area contributed by atoms with E-state index >= 15 is 0 Å². The zero-order valence-electron chi connectivity index (χ0n) is 18.6. The maximum atomic E-state index is 12.5. The molecule has 0 radical (unpaired) electrons. The van der Waals surface area contributed by atoms with Crippen LogP contribution in [0.15, 0.2) is 42.0 Å². The van der Waals surface area contributed by atoms with E-state index in [1.54, 1.807) is 71.9 Å². The Labute approximate surface area is 181 Å². The minimum absolute atomic E-state index is 0.0896. The molecule has 0 aliphatic rings. The van der Waals surface area contributed by atoms with Crippen LogP contribution in [0.25, 0.3) is 0 Å². The van der Waals surface area contributed by atoms with Gasteiger partial charge in [-0.1, -0.05) is 30.3 Å². The Morgan fingerprint density at radius 2 is 1.42 bits per heavy atom. The molecule has 0 saturated carbocycles. The molecule has 9 nitrogen and oxygen atoms in total. The second-order valence-corrected chi connectivity index (χ2v) is 8.61. The number of aliphatic carboxylic acids is 1. The third-order valence-corrected chi connectivity index (χ3v) is 3.32. The third-order valence-electron chi connectivity index (χ3n) is 3.32. The highest BCUT2D eigenvalue weighted by Gasteiger charge is 2.31. The van der Waals surface area contributed by atoms with Crippen LogP contribution in [0.1, 0.15) is 47.1 Å². The van der Waals surface area contributed by atoms with E-state index < -0.39 is 46.8 Å². The van der Waals surface area contributed by atoms with Crippen LogP contribution in [0.5, 0.6) is 0 Å². The number of benzene rings is 1. The molecule has 0 aliphatic heterocycles. The van der Waals surface area contributed by atoms with Crippen molar-refractivity contribution < 1.29 is 38.5 Å². The van der Waals surface area contributed by atoms with Crippen molar-refractivity contribution >= 4 is 24.0 Å². The van der Waals surface area contributed by atoms with Gasteiger partial charge >= 0.3 is 24.0 Å². The Morgan fingerprint density at radius 3 is 1.84 bits per heavy atom. The van der Waals surface area contributed by atoms with Gasteiger partial charge in [-0.05, 0) is 53.2 Å². The molecule has 2 N–H and O–H groups in total. The first kappa shape index (κ1) is 25.7. The molecule has 0 unspecified atom stereocenters. The highest BCUT2D eigenvalue weighted by molar-refractivity contribution is 6.14. The minimum atomic E-state index is -1.74. The number of amides is 1.